The Kier molecular flexibility index (Phi) is 4.79. The quantitative estimate of drug-likeness (QED) is 0.836. The number of rotatable bonds is 6. The van der Waals surface area contributed by atoms with Crippen molar-refractivity contribution < 1.29 is 0 Å². The summed E-state index contributed by atoms with van der Waals surface area (Å²) in [6.07, 6.45) is 5.05. The first-order chi connectivity index (χ1) is 8.72. The Balaban J connectivity index is 1.92. The van der Waals surface area contributed by atoms with Crippen LogP contribution >= 0.6 is 0 Å². The molecule has 100 valence electrons. The Morgan fingerprint density at radius 1 is 1.28 bits per heavy atom. The lowest BCUT2D eigenvalue weighted by molar-refractivity contribution is 0.268. The van der Waals surface area contributed by atoms with E-state index in [1.165, 1.54) is 31.2 Å². The molecule has 0 saturated carbocycles. The number of hydrogen-bond donors (Lipinski definition) is 1. The molecule has 1 unspecified atom stereocenters. The van der Waals surface area contributed by atoms with Crippen molar-refractivity contribution in [1.82, 2.24) is 4.90 Å². The fraction of sp³-hybridized carbons (Fsp3) is 0.625. The molecule has 2 nitrogen and oxygen atoms in total. The molecule has 1 aromatic rings. The lowest BCUT2D eigenvalue weighted by atomic mass is 10.0. The summed E-state index contributed by atoms with van der Waals surface area (Å²) < 4.78 is 0. The molecule has 2 N–H and O–H groups in total. The van der Waals surface area contributed by atoms with E-state index in [0.29, 0.717) is 5.92 Å². The molecule has 1 atom stereocenters. The number of fused-ring (bicyclic) bond motifs is 1. The van der Waals surface area contributed by atoms with Crippen molar-refractivity contribution in [3.63, 3.8) is 0 Å². The van der Waals surface area contributed by atoms with Gasteiger partial charge in [0, 0.05) is 13.1 Å². The van der Waals surface area contributed by atoms with Gasteiger partial charge in [-0.1, -0.05) is 31.5 Å². The van der Waals surface area contributed by atoms with Gasteiger partial charge in [-0.15, -0.1) is 0 Å². The normalized spacial score (nSPS) is 16.0. The molecule has 1 aliphatic rings. The monoisotopic (exact) mass is 246 g/mol. The largest absolute Gasteiger partial charge is 0.330 e. The van der Waals surface area contributed by atoms with Crippen LogP contribution in [-0.2, 0) is 19.4 Å². The molecule has 1 aliphatic carbocycles. The molecule has 0 heterocycles. The van der Waals surface area contributed by atoms with Crippen LogP contribution in [0.3, 0.4) is 0 Å². The van der Waals surface area contributed by atoms with Gasteiger partial charge in [0.2, 0.25) is 0 Å². The van der Waals surface area contributed by atoms with Crippen molar-refractivity contribution in [3.8, 4) is 0 Å². The summed E-state index contributed by atoms with van der Waals surface area (Å²) in [7, 11) is 2.20. The van der Waals surface area contributed by atoms with E-state index in [1.807, 2.05) is 0 Å². The summed E-state index contributed by atoms with van der Waals surface area (Å²) in [6, 6.07) is 7.03. The van der Waals surface area contributed by atoms with E-state index in [9.17, 15) is 0 Å². The minimum atomic E-state index is 0.629. The third-order valence-corrected chi connectivity index (χ3v) is 4.10. The number of aryl methyl sites for hydroxylation is 2. The first kappa shape index (κ1) is 13.6. The Labute approximate surface area is 111 Å². The number of nitrogens with two attached hydrogens (primary N) is 1. The molecule has 2 heteroatoms. The molecule has 0 saturated heterocycles. The van der Waals surface area contributed by atoms with Crippen LogP contribution in [0.1, 0.15) is 36.5 Å². The van der Waals surface area contributed by atoms with E-state index in [1.54, 1.807) is 11.1 Å². The molecule has 0 radical (unpaired) electrons. The van der Waals surface area contributed by atoms with Crippen molar-refractivity contribution in [3.05, 3.63) is 34.9 Å². The van der Waals surface area contributed by atoms with Gasteiger partial charge in [-0.2, -0.15) is 0 Å². The molecular formula is C16H26N2. The van der Waals surface area contributed by atoms with Crippen LogP contribution in [0.5, 0.6) is 0 Å². The molecular weight excluding hydrogens is 220 g/mol. The van der Waals surface area contributed by atoms with Gasteiger partial charge in [0.05, 0.1) is 0 Å². The minimum absolute atomic E-state index is 0.629. The fourth-order valence-electron chi connectivity index (χ4n) is 2.91. The van der Waals surface area contributed by atoms with Gasteiger partial charge in [-0.3, -0.25) is 0 Å². The molecule has 1 aromatic carbocycles. The van der Waals surface area contributed by atoms with Crippen LogP contribution in [0, 0.1) is 5.92 Å². The van der Waals surface area contributed by atoms with Gasteiger partial charge in [0.15, 0.2) is 0 Å². The predicted molar refractivity (Wildman–Crippen MR) is 77.6 cm³/mol. The van der Waals surface area contributed by atoms with E-state index in [4.69, 9.17) is 5.73 Å². The van der Waals surface area contributed by atoms with Gasteiger partial charge < -0.3 is 10.6 Å². The number of nitrogens with zero attached hydrogens (tertiary/aromatic N) is 1. The van der Waals surface area contributed by atoms with E-state index >= 15 is 0 Å². The fourth-order valence-corrected chi connectivity index (χ4v) is 2.91. The van der Waals surface area contributed by atoms with Crippen LogP contribution in [0.4, 0.5) is 0 Å². The molecule has 0 aliphatic heterocycles. The summed E-state index contributed by atoms with van der Waals surface area (Å²) in [6.45, 7) is 5.17. The Hall–Kier alpha value is -0.860. The maximum atomic E-state index is 5.77. The van der Waals surface area contributed by atoms with Crippen molar-refractivity contribution in [1.29, 1.82) is 0 Å². The number of hydrogen-bond acceptors (Lipinski definition) is 2. The average molecular weight is 246 g/mol. The maximum absolute atomic E-state index is 5.77. The molecule has 0 amide bonds. The zero-order chi connectivity index (χ0) is 13.0. The Morgan fingerprint density at radius 2 is 2.06 bits per heavy atom. The highest BCUT2D eigenvalue weighted by Crippen LogP contribution is 2.23. The van der Waals surface area contributed by atoms with E-state index in [-0.39, 0.29) is 0 Å². The van der Waals surface area contributed by atoms with Crippen LogP contribution in [-0.4, -0.2) is 25.0 Å². The summed E-state index contributed by atoms with van der Waals surface area (Å²) >= 11 is 0. The highest BCUT2D eigenvalue weighted by atomic mass is 15.1. The molecule has 0 fully saturated rings. The smallest absolute Gasteiger partial charge is 0.0230 e. The number of benzene rings is 1. The third kappa shape index (κ3) is 3.33. The van der Waals surface area contributed by atoms with E-state index in [2.05, 4.69) is 37.1 Å². The summed E-state index contributed by atoms with van der Waals surface area (Å²) in [4.78, 5) is 2.40. The van der Waals surface area contributed by atoms with Crippen molar-refractivity contribution >= 4 is 0 Å². The second-order valence-electron chi connectivity index (χ2n) is 5.66. The van der Waals surface area contributed by atoms with Gasteiger partial charge in [-0.05, 0) is 55.5 Å². The maximum Gasteiger partial charge on any atom is 0.0230 e. The standard InChI is InChI=1S/C16H26N2/c1-3-13(10-17)11-18(2)12-14-7-8-15-5-4-6-16(15)9-14/h7-9,13H,3-6,10-12,17H2,1-2H3. The van der Waals surface area contributed by atoms with E-state index < -0.39 is 0 Å². The van der Waals surface area contributed by atoms with Crippen molar-refractivity contribution in [2.45, 2.75) is 39.2 Å². The van der Waals surface area contributed by atoms with Crippen LogP contribution < -0.4 is 5.73 Å². The summed E-state index contributed by atoms with van der Waals surface area (Å²) in [5, 5.41) is 0. The highest BCUT2D eigenvalue weighted by Gasteiger charge is 2.12. The lowest BCUT2D eigenvalue weighted by Gasteiger charge is -2.22. The lowest BCUT2D eigenvalue weighted by Crippen LogP contribution is -2.29. The third-order valence-electron chi connectivity index (χ3n) is 4.10. The van der Waals surface area contributed by atoms with Gasteiger partial charge in [0.1, 0.15) is 0 Å². The first-order valence-electron chi connectivity index (χ1n) is 7.22. The van der Waals surface area contributed by atoms with Crippen LogP contribution in [0.25, 0.3) is 0 Å². The zero-order valence-corrected chi connectivity index (χ0v) is 11.8. The molecule has 2 rings (SSSR count). The first-order valence-corrected chi connectivity index (χ1v) is 7.22. The van der Waals surface area contributed by atoms with Gasteiger partial charge in [0.25, 0.3) is 0 Å². The van der Waals surface area contributed by atoms with Crippen molar-refractivity contribution in [2.24, 2.45) is 11.7 Å². The van der Waals surface area contributed by atoms with Gasteiger partial charge >= 0.3 is 0 Å². The topological polar surface area (TPSA) is 29.3 Å². The van der Waals surface area contributed by atoms with Crippen LogP contribution in [0.15, 0.2) is 18.2 Å². The van der Waals surface area contributed by atoms with Gasteiger partial charge in [-0.25, -0.2) is 0 Å². The molecule has 0 spiro atoms. The Morgan fingerprint density at radius 3 is 2.78 bits per heavy atom. The summed E-state index contributed by atoms with van der Waals surface area (Å²) in [5.74, 6) is 0.629. The highest BCUT2D eigenvalue weighted by molar-refractivity contribution is 5.35. The minimum Gasteiger partial charge on any atom is -0.330 e. The second-order valence-corrected chi connectivity index (χ2v) is 5.66. The van der Waals surface area contributed by atoms with Crippen LogP contribution in [0.2, 0.25) is 0 Å². The summed E-state index contributed by atoms with van der Waals surface area (Å²) in [5.41, 5.74) is 10.4. The molecule has 0 bridgehead atoms. The van der Waals surface area contributed by atoms with E-state index in [0.717, 1.165) is 19.6 Å². The SMILES string of the molecule is CCC(CN)CN(C)Cc1ccc2c(c1)CCC2. The zero-order valence-electron chi connectivity index (χ0n) is 11.8. The molecule has 18 heavy (non-hydrogen) atoms. The average Bonchev–Trinajstić information content (AvgIpc) is 2.83. The molecule has 0 aromatic heterocycles. The second kappa shape index (κ2) is 6.35. The predicted octanol–water partition coefficient (Wildman–Crippen LogP) is 2.59. The van der Waals surface area contributed by atoms with Crippen molar-refractivity contribution in [2.75, 3.05) is 20.1 Å². The Bertz CT molecular complexity index is 383.